The van der Waals surface area contributed by atoms with E-state index < -0.39 is 65.2 Å². The lowest BCUT2D eigenvalue weighted by atomic mass is 9.49. The summed E-state index contributed by atoms with van der Waals surface area (Å²) in [6.45, 7) is 23.7. The summed E-state index contributed by atoms with van der Waals surface area (Å²) < 4.78 is 61.7. The van der Waals surface area contributed by atoms with Crippen LogP contribution in [0.25, 0.3) is 0 Å². The van der Waals surface area contributed by atoms with Crippen LogP contribution in [0.2, 0.25) is 0 Å². The Labute approximate surface area is 289 Å². The largest absolute Gasteiger partial charge is 0.495 e. The summed E-state index contributed by atoms with van der Waals surface area (Å²) in [5.41, 5.74) is -3.18. The van der Waals surface area contributed by atoms with Crippen LogP contribution in [0.4, 0.5) is 20.2 Å². The minimum absolute atomic E-state index is 0.360. The second-order valence-corrected chi connectivity index (χ2v) is 15.6. The fourth-order valence-corrected chi connectivity index (χ4v) is 4.77. The molecule has 3 saturated heterocycles. The molecule has 3 aliphatic heterocycles. The molecule has 18 heteroatoms. The molecule has 0 N–H and O–H groups in total. The molecule has 12 nitrogen and oxygen atoms in total. The normalized spacial score (nSPS) is 22.4. The van der Waals surface area contributed by atoms with Crippen LogP contribution in [0.15, 0.2) is 40.9 Å². The maximum atomic E-state index is 13.3. The van der Waals surface area contributed by atoms with Crippen molar-refractivity contribution in [2.45, 2.75) is 117 Å². The summed E-state index contributed by atoms with van der Waals surface area (Å²) in [5.74, 6) is -1.69. The molecule has 0 spiro atoms. The first-order valence-electron chi connectivity index (χ1n) is 15.2. The summed E-state index contributed by atoms with van der Waals surface area (Å²) in [4.78, 5) is 19.3. The van der Waals surface area contributed by atoms with Crippen LogP contribution in [0, 0.1) is 31.9 Å². The van der Waals surface area contributed by atoms with Gasteiger partial charge in [-0.25, -0.2) is 0 Å². The van der Waals surface area contributed by atoms with Crippen molar-refractivity contribution in [1.29, 1.82) is 0 Å². The molecule has 0 bridgehead atoms. The van der Waals surface area contributed by atoms with Gasteiger partial charge in [0.2, 0.25) is 5.82 Å². The molecule has 0 atom stereocenters. The van der Waals surface area contributed by atoms with Crippen molar-refractivity contribution in [1.82, 2.24) is 0 Å². The molecular weight excluding hydrogens is 699 g/mol. The van der Waals surface area contributed by atoms with E-state index in [1.165, 1.54) is 12.1 Å². The van der Waals surface area contributed by atoms with E-state index in [-0.39, 0.29) is 22.4 Å². The predicted octanol–water partition coefficient (Wildman–Crippen LogP) is 6.78. The molecule has 0 aliphatic carbocycles. The zero-order valence-electron chi connectivity index (χ0n) is 29.3. The van der Waals surface area contributed by atoms with Gasteiger partial charge in [0.15, 0.2) is 5.82 Å². The van der Waals surface area contributed by atoms with Crippen molar-refractivity contribution in [3.8, 4) is 0 Å². The number of halogens is 3. The Morgan fingerprint density at radius 1 is 0.562 bits per heavy atom. The number of benzene rings is 2. The lowest BCUT2D eigenvalue weighted by molar-refractivity contribution is -0.387. The highest BCUT2D eigenvalue weighted by atomic mass is 79.9. The number of rotatable bonds is 4. The number of nitro groups is 2. The van der Waals surface area contributed by atoms with E-state index in [2.05, 4.69) is 15.9 Å². The molecule has 0 amide bonds. The fraction of sp³-hybridized carbons (Fsp3) is 0.600. The number of hydrogen-bond donors (Lipinski definition) is 0. The molecular formula is C30H42B3BrF2N2O10. The van der Waals surface area contributed by atoms with Gasteiger partial charge >= 0.3 is 32.5 Å². The molecule has 48 heavy (non-hydrogen) atoms. The third-order valence-corrected chi connectivity index (χ3v) is 10.1. The first kappa shape index (κ1) is 40.0. The van der Waals surface area contributed by atoms with Gasteiger partial charge in [-0.2, -0.15) is 8.78 Å². The third kappa shape index (κ3) is 8.45. The second kappa shape index (κ2) is 13.7. The van der Waals surface area contributed by atoms with Gasteiger partial charge in [-0.3, -0.25) is 20.2 Å². The minimum Gasteiger partial charge on any atom is -0.405 e. The monoisotopic (exact) mass is 740 g/mol. The highest BCUT2D eigenvalue weighted by Crippen LogP contribution is 2.43. The molecule has 3 fully saturated rings. The van der Waals surface area contributed by atoms with Crippen LogP contribution >= 0.6 is 15.9 Å². The SMILES string of the molecule is CC1(C)OB(B2OC(C)(C)C(C)(C)O2)OC1(C)C.CC1(C)OB(c2ccc(F)c([N+](=O)[O-])c2)OC1(C)C.O=[N+]([O-])c1cc(Br)ccc1F. The predicted molar refractivity (Wildman–Crippen MR) is 182 cm³/mol. The Bertz CT molecular complexity index is 1460. The lowest BCUT2D eigenvalue weighted by Crippen LogP contribution is -2.41. The Hall–Kier alpha value is -2.47. The van der Waals surface area contributed by atoms with E-state index in [1.54, 1.807) is 0 Å². The van der Waals surface area contributed by atoms with Crippen LogP contribution in [0.1, 0.15) is 83.1 Å². The van der Waals surface area contributed by atoms with Gasteiger partial charge in [-0.1, -0.05) is 22.0 Å². The van der Waals surface area contributed by atoms with Gasteiger partial charge in [0, 0.05) is 16.6 Å². The molecule has 262 valence electrons. The van der Waals surface area contributed by atoms with E-state index in [0.29, 0.717) is 9.94 Å². The van der Waals surface area contributed by atoms with Crippen LogP contribution in [-0.2, 0) is 27.9 Å². The number of nitro benzene ring substituents is 2. The standard InChI is InChI=1S/C12H24B2O4.C12H15BFNO4.C6H3BrFNO2/c1-9(2)10(3,4)16-13(15-9)14-17-11(5,6)12(7,8)18-14;1-11(2)12(3,4)19-13(18-11)8-5-6-9(14)10(7-8)15(16)17;7-4-1-2-5(8)6(3-4)9(10)11/h1-8H3;5-7H,1-4H3;1-3H. The first-order chi connectivity index (χ1) is 21.6. The summed E-state index contributed by atoms with van der Waals surface area (Å²) >= 11 is 2.99. The van der Waals surface area contributed by atoms with Crippen LogP contribution in [0.3, 0.4) is 0 Å². The van der Waals surface area contributed by atoms with Gasteiger partial charge in [0.05, 0.1) is 43.5 Å². The van der Waals surface area contributed by atoms with Crippen molar-refractivity contribution in [3.63, 3.8) is 0 Å². The Morgan fingerprint density at radius 3 is 1.21 bits per heavy atom. The van der Waals surface area contributed by atoms with Crippen LogP contribution in [0.5, 0.6) is 0 Å². The highest BCUT2D eigenvalue weighted by Gasteiger charge is 2.63. The summed E-state index contributed by atoms with van der Waals surface area (Å²) in [7, 11) is -1.68. The van der Waals surface area contributed by atoms with Crippen molar-refractivity contribution >= 4 is 53.9 Å². The van der Waals surface area contributed by atoms with E-state index in [1.807, 2.05) is 83.1 Å². The van der Waals surface area contributed by atoms with Crippen LogP contribution < -0.4 is 5.46 Å². The smallest absolute Gasteiger partial charge is 0.405 e. The average molecular weight is 741 g/mol. The van der Waals surface area contributed by atoms with Gasteiger partial charge in [0.25, 0.3) is 0 Å². The van der Waals surface area contributed by atoms with Gasteiger partial charge in [0.1, 0.15) is 0 Å². The zero-order valence-corrected chi connectivity index (χ0v) is 30.9. The summed E-state index contributed by atoms with van der Waals surface area (Å²) in [5, 5.41) is 20.8. The average Bonchev–Trinajstić information content (AvgIpc) is 3.39. The van der Waals surface area contributed by atoms with Crippen molar-refractivity contribution in [2.24, 2.45) is 0 Å². The molecule has 0 saturated carbocycles. The van der Waals surface area contributed by atoms with Crippen molar-refractivity contribution < 1.29 is 46.6 Å². The summed E-state index contributed by atoms with van der Waals surface area (Å²) in [6, 6.07) is 7.21. The first-order valence-corrected chi connectivity index (χ1v) is 16.0. The molecule has 3 heterocycles. The molecule has 3 aliphatic rings. The zero-order chi connectivity index (χ0) is 36.8. The highest BCUT2D eigenvalue weighted by molar-refractivity contribution is 9.10. The van der Waals surface area contributed by atoms with Crippen LogP contribution in [-0.4, -0.2) is 64.6 Å². The molecule has 2 aromatic rings. The topological polar surface area (TPSA) is 142 Å². The number of nitrogens with zero attached hydrogens (tertiary/aromatic N) is 2. The Kier molecular flexibility index (Phi) is 11.4. The molecule has 2 aromatic carbocycles. The van der Waals surface area contributed by atoms with Crippen molar-refractivity contribution in [3.05, 3.63) is 72.7 Å². The van der Waals surface area contributed by atoms with E-state index in [9.17, 15) is 29.0 Å². The van der Waals surface area contributed by atoms with Gasteiger partial charge in [-0.15, -0.1) is 0 Å². The molecule has 0 unspecified atom stereocenters. The van der Waals surface area contributed by atoms with E-state index >= 15 is 0 Å². The quantitative estimate of drug-likeness (QED) is 0.187. The van der Waals surface area contributed by atoms with E-state index in [0.717, 1.165) is 24.3 Å². The third-order valence-electron chi connectivity index (χ3n) is 9.56. The summed E-state index contributed by atoms with van der Waals surface area (Å²) in [6.07, 6.45) is 0. The maximum Gasteiger partial charge on any atom is 0.495 e. The molecule has 0 aromatic heterocycles. The molecule has 5 rings (SSSR count). The lowest BCUT2D eigenvalue weighted by Gasteiger charge is -2.32. The second-order valence-electron chi connectivity index (χ2n) is 14.7. The Balaban J connectivity index is 0.000000203. The van der Waals surface area contributed by atoms with E-state index in [4.69, 9.17) is 27.9 Å². The van der Waals surface area contributed by atoms with Gasteiger partial charge < -0.3 is 27.9 Å². The molecule has 0 radical (unpaired) electrons. The maximum absolute atomic E-state index is 13.3. The van der Waals surface area contributed by atoms with Gasteiger partial charge in [-0.05, 0) is 107 Å². The fourth-order valence-electron chi connectivity index (χ4n) is 4.42. The minimum atomic E-state index is -0.870. The Morgan fingerprint density at radius 2 is 0.875 bits per heavy atom. The number of hydrogen-bond acceptors (Lipinski definition) is 10. The van der Waals surface area contributed by atoms with Crippen molar-refractivity contribution in [2.75, 3.05) is 0 Å².